The number of para-hydroxylation sites is 2. The van der Waals surface area contributed by atoms with Gasteiger partial charge in [0.25, 0.3) is 0 Å². The fraction of sp³-hybridized carbons (Fsp3) is 0.188. The predicted molar refractivity (Wildman–Crippen MR) is 86.4 cm³/mol. The summed E-state index contributed by atoms with van der Waals surface area (Å²) in [6.07, 6.45) is 3.36. The number of carbonyl (C=O) groups excluding carboxylic acids is 1. The third kappa shape index (κ3) is 2.87. The van der Waals surface area contributed by atoms with Gasteiger partial charge in [-0.05, 0) is 12.1 Å². The first-order valence-corrected chi connectivity index (χ1v) is 7.12. The fourth-order valence-corrected chi connectivity index (χ4v) is 2.27. The smallest absolute Gasteiger partial charge is 0.329 e. The van der Waals surface area contributed by atoms with Crippen molar-refractivity contribution >= 4 is 28.5 Å². The quantitative estimate of drug-likeness (QED) is 0.731. The standard InChI is InChI=1S/C16H14N6O2/c1-22-9-10(8-18-22)19-15-14(11(7-17)16(23)24-2)20-12-5-3-4-6-13(12)21-15/h3-6,8-9,11H,1-2H3,(H,19,21). The lowest BCUT2D eigenvalue weighted by Crippen LogP contribution is -2.16. The topological polar surface area (TPSA) is 106 Å². The zero-order valence-corrected chi connectivity index (χ0v) is 13.1. The Morgan fingerprint density at radius 3 is 2.62 bits per heavy atom. The van der Waals surface area contributed by atoms with Crippen LogP contribution in [0.5, 0.6) is 0 Å². The van der Waals surface area contributed by atoms with Gasteiger partial charge in [-0.1, -0.05) is 12.1 Å². The van der Waals surface area contributed by atoms with E-state index in [0.29, 0.717) is 22.5 Å². The lowest BCUT2D eigenvalue weighted by atomic mass is 10.1. The van der Waals surface area contributed by atoms with Crippen molar-refractivity contribution in [3.05, 3.63) is 42.4 Å². The number of carbonyl (C=O) groups is 1. The Labute approximate surface area is 137 Å². The molecule has 24 heavy (non-hydrogen) atoms. The summed E-state index contributed by atoms with van der Waals surface area (Å²) in [6, 6.07) is 9.16. The van der Waals surface area contributed by atoms with Crippen molar-refractivity contribution in [1.82, 2.24) is 19.7 Å². The van der Waals surface area contributed by atoms with Crippen LogP contribution in [-0.4, -0.2) is 32.8 Å². The lowest BCUT2D eigenvalue weighted by Gasteiger charge is -2.13. The highest BCUT2D eigenvalue weighted by Crippen LogP contribution is 2.27. The highest BCUT2D eigenvalue weighted by molar-refractivity contribution is 5.85. The number of aryl methyl sites for hydroxylation is 1. The van der Waals surface area contributed by atoms with Crippen LogP contribution in [0.15, 0.2) is 36.7 Å². The number of anilines is 2. The van der Waals surface area contributed by atoms with Gasteiger partial charge < -0.3 is 10.1 Å². The fourth-order valence-electron chi connectivity index (χ4n) is 2.27. The largest absolute Gasteiger partial charge is 0.468 e. The highest BCUT2D eigenvalue weighted by atomic mass is 16.5. The van der Waals surface area contributed by atoms with E-state index in [4.69, 9.17) is 4.74 Å². The van der Waals surface area contributed by atoms with E-state index in [2.05, 4.69) is 20.4 Å². The van der Waals surface area contributed by atoms with Gasteiger partial charge in [0.1, 0.15) is 5.69 Å². The normalized spacial score (nSPS) is 11.7. The number of nitriles is 1. The molecule has 0 aliphatic heterocycles. The number of rotatable bonds is 4. The third-order valence-electron chi connectivity index (χ3n) is 3.40. The van der Waals surface area contributed by atoms with E-state index in [1.54, 1.807) is 36.3 Å². The second kappa shape index (κ2) is 6.34. The molecule has 1 atom stereocenters. The molecule has 0 radical (unpaired) electrons. The summed E-state index contributed by atoms with van der Waals surface area (Å²) in [7, 11) is 3.01. The molecule has 3 aromatic rings. The first-order valence-electron chi connectivity index (χ1n) is 7.12. The molecule has 0 saturated heterocycles. The van der Waals surface area contributed by atoms with Crippen molar-refractivity contribution in [1.29, 1.82) is 5.26 Å². The van der Waals surface area contributed by atoms with Crippen molar-refractivity contribution in [2.24, 2.45) is 7.05 Å². The maximum atomic E-state index is 11.9. The first-order chi connectivity index (χ1) is 11.6. The molecule has 0 bridgehead atoms. The number of nitrogens with one attached hydrogen (secondary N) is 1. The summed E-state index contributed by atoms with van der Waals surface area (Å²) in [5.74, 6) is -1.54. The molecular formula is C16H14N6O2. The van der Waals surface area contributed by atoms with Crippen LogP contribution in [0.2, 0.25) is 0 Å². The number of hydrogen-bond donors (Lipinski definition) is 1. The molecule has 0 aliphatic carbocycles. The molecule has 1 N–H and O–H groups in total. The Kier molecular flexibility index (Phi) is 4.07. The van der Waals surface area contributed by atoms with Gasteiger partial charge in [-0.2, -0.15) is 10.4 Å². The molecule has 0 amide bonds. The molecule has 8 heteroatoms. The summed E-state index contributed by atoms with van der Waals surface area (Å²) in [4.78, 5) is 20.9. The Morgan fingerprint density at radius 1 is 1.33 bits per heavy atom. The summed E-state index contributed by atoms with van der Waals surface area (Å²) in [5, 5.41) is 16.5. The van der Waals surface area contributed by atoms with E-state index in [1.165, 1.54) is 7.11 Å². The van der Waals surface area contributed by atoms with Gasteiger partial charge >= 0.3 is 5.97 Å². The van der Waals surface area contributed by atoms with Gasteiger partial charge in [0, 0.05) is 13.2 Å². The predicted octanol–water partition coefficient (Wildman–Crippen LogP) is 1.89. The van der Waals surface area contributed by atoms with Crippen LogP contribution in [0, 0.1) is 11.3 Å². The zero-order valence-electron chi connectivity index (χ0n) is 13.1. The van der Waals surface area contributed by atoms with E-state index >= 15 is 0 Å². The molecular weight excluding hydrogens is 308 g/mol. The number of fused-ring (bicyclic) bond motifs is 1. The van der Waals surface area contributed by atoms with Crippen LogP contribution in [-0.2, 0) is 16.6 Å². The third-order valence-corrected chi connectivity index (χ3v) is 3.40. The molecule has 0 spiro atoms. The van der Waals surface area contributed by atoms with Crippen LogP contribution in [0.25, 0.3) is 11.0 Å². The molecule has 2 aromatic heterocycles. The van der Waals surface area contributed by atoms with Crippen LogP contribution in [0.3, 0.4) is 0 Å². The number of nitrogens with zero attached hydrogens (tertiary/aromatic N) is 5. The van der Waals surface area contributed by atoms with Crippen LogP contribution >= 0.6 is 0 Å². The van der Waals surface area contributed by atoms with E-state index in [9.17, 15) is 10.1 Å². The van der Waals surface area contributed by atoms with Crippen molar-refractivity contribution in [3.63, 3.8) is 0 Å². The van der Waals surface area contributed by atoms with Gasteiger partial charge in [-0.25, -0.2) is 9.97 Å². The average Bonchev–Trinajstić information content (AvgIpc) is 3.00. The molecule has 8 nitrogen and oxygen atoms in total. The molecule has 2 heterocycles. The number of esters is 1. The second-order valence-electron chi connectivity index (χ2n) is 5.06. The van der Waals surface area contributed by atoms with E-state index in [-0.39, 0.29) is 5.69 Å². The molecule has 0 fully saturated rings. The van der Waals surface area contributed by atoms with E-state index in [0.717, 1.165) is 0 Å². The van der Waals surface area contributed by atoms with Crippen molar-refractivity contribution in [2.45, 2.75) is 5.92 Å². The van der Waals surface area contributed by atoms with Gasteiger partial charge in [-0.3, -0.25) is 9.48 Å². The van der Waals surface area contributed by atoms with Gasteiger partial charge in [0.15, 0.2) is 11.7 Å². The van der Waals surface area contributed by atoms with E-state index < -0.39 is 11.9 Å². The van der Waals surface area contributed by atoms with Crippen LogP contribution < -0.4 is 5.32 Å². The lowest BCUT2D eigenvalue weighted by molar-refractivity contribution is -0.141. The minimum absolute atomic E-state index is 0.215. The van der Waals surface area contributed by atoms with Gasteiger partial charge in [0.05, 0.1) is 36.1 Å². The van der Waals surface area contributed by atoms with Crippen molar-refractivity contribution in [3.8, 4) is 6.07 Å². The Balaban J connectivity index is 2.14. The summed E-state index contributed by atoms with van der Waals surface area (Å²) in [5.41, 5.74) is 2.12. The molecule has 3 rings (SSSR count). The number of aromatic nitrogens is 4. The van der Waals surface area contributed by atoms with Gasteiger partial charge in [-0.15, -0.1) is 0 Å². The highest BCUT2D eigenvalue weighted by Gasteiger charge is 2.27. The molecule has 120 valence electrons. The van der Waals surface area contributed by atoms with Crippen molar-refractivity contribution < 1.29 is 9.53 Å². The molecule has 0 aliphatic rings. The minimum Gasteiger partial charge on any atom is -0.468 e. The van der Waals surface area contributed by atoms with Crippen LogP contribution in [0.1, 0.15) is 11.6 Å². The first kappa shape index (κ1) is 15.4. The molecule has 1 unspecified atom stereocenters. The SMILES string of the molecule is COC(=O)C(C#N)c1nc2ccccc2nc1Nc1cnn(C)c1. The average molecular weight is 322 g/mol. The maximum Gasteiger partial charge on any atom is 0.329 e. The Morgan fingerprint density at radius 2 is 2.04 bits per heavy atom. The number of hydrogen-bond acceptors (Lipinski definition) is 7. The molecule has 1 aromatic carbocycles. The van der Waals surface area contributed by atoms with E-state index in [1.807, 2.05) is 18.2 Å². The Bertz CT molecular complexity index is 943. The number of benzene rings is 1. The van der Waals surface area contributed by atoms with Gasteiger partial charge in [0.2, 0.25) is 0 Å². The minimum atomic E-state index is -1.17. The number of methoxy groups -OCH3 is 1. The number of ether oxygens (including phenoxy) is 1. The van der Waals surface area contributed by atoms with Crippen LogP contribution in [0.4, 0.5) is 11.5 Å². The van der Waals surface area contributed by atoms with Crippen molar-refractivity contribution in [2.75, 3.05) is 12.4 Å². The summed E-state index contributed by atoms with van der Waals surface area (Å²) >= 11 is 0. The molecule has 0 saturated carbocycles. The summed E-state index contributed by atoms with van der Waals surface area (Å²) < 4.78 is 6.33. The summed E-state index contributed by atoms with van der Waals surface area (Å²) in [6.45, 7) is 0. The zero-order chi connectivity index (χ0) is 17.1. The Hall–Kier alpha value is -3.47. The monoisotopic (exact) mass is 322 g/mol. The second-order valence-corrected chi connectivity index (χ2v) is 5.06. The maximum absolute atomic E-state index is 11.9.